The van der Waals surface area contributed by atoms with Crippen LogP contribution in [-0.4, -0.2) is 12.6 Å². The van der Waals surface area contributed by atoms with Gasteiger partial charge in [0.2, 0.25) is 0 Å². The van der Waals surface area contributed by atoms with Gasteiger partial charge in [-0.2, -0.15) is 0 Å². The van der Waals surface area contributed by atoms with Crippen molar-refractivity contribution in [1.82, 2.24) is 0 Å². The van der Waals surface area contributed by atoms with Gasteiger partial charge in [-0.25, -0.2) is 4.79 Å². The Kier molecular flexibility index (Phi) is 2.69. The zero-order chi connectivity index (χ0) is 8.97. The van der Waals surface area contributed by atoms with E-state index >= 15 is 0 Å². The van der Waals surface area contributed by atoms with Crippen LogP contribution in [0.5, 0.6) is 5.75 Å². The second-order valence-electron chi connectivity index (χ2n) is 2.25. The molecule has 0 saturated carbocycles. The Morgan fingerprint density at radius 2 is 2.25 bits per heavy atom. The highest BCUT2D eigenvalue weighted by Crippen LogP contribution is 2.12. The minimum absolute atomic E-state index is 0.180. The van der Waals surface area contributed by atoms with Crippen LogP contribution < -0.4 is 0 Å². The Bertz CT molecular complexity index is 281. The summed E-state index contributed by atoms with van der Waals surface area (Å²) in [5.41, 5.74) is 0.310. The minimum atomic E-state index is -0.449. The van der Waals surface area contributed by atoms with Crippen molar-refractivity contribution < 1.29 is 14.6 Å². The maximum Gasteiger partial charge on any atom is 0.338 e. The summed E-state index contributed by atoms with van der Waals surface area (Å²) in [4.78, 5) is 11.0. The lowest BCUT2D eigenvalue weighted by Gasteiger charge is -1.99. The third-order valence-corrected chi connectivity index (χ3v) is 1.35. The first kappa shape index (κ1) is 8.59. The molecule has 1 aromatic rings. The molecule has 0 unspecified atom stereocenters. The summed E-state index contributed by atoms with van der Waals surface area (Å²) in [5.74, 6) is -0.629. The van der Waals surface area contributed by atoms with Gasteiger partial charge in [-0.15, -0.1) is 0 Å². The van der Waals surface area contributed by atoms with Gasteiger partial charge < -0.3 is 4.74 Å². The summed E-state index contributed by atoms with van der Waals surface area (Å²) in [6.45, 7) is 2.04. The number of esters is 1. The SMILES string of the molecule is CCOC(=O)c1cccc([O])c1. The van der Waals surface area contributed by atoms with Gasteiger partial charge >= 0.3 is 5.97 Å². The van der Waals surface area contributed by atoms with Gasteiger partial charge in [-0.05, 0) is 25.1 Å². The molecule has 0 atom stereocenters. The Balaban J connectivity index is 2.81. The number of ether oxygens (including phenoxy) is 1. The Morgan fingerprint density at radius 1 is 1.50 bits per heavy atom. The number of rotatable bonds is 2. The highest BCUT2D eigenvalue weighted by atomic mass is 16.5. The van der Waals surface area contributed by atoms with Crippen LogP contribution in [0.4, 0.5) is 0 Å². The molecule has 3 nitrogen and oxygen atoms in total. The van der Waals surface area contributed by atoms with Crippen LogP contribution in [0.1, 0.15) is 17.3 Å². The van der Waals surface area contributed by atoms with E-state index in [0.29, 0.717) is 12.2 Å². The fraction of sp³-hybridized carbons (Fsp3) is 0.222. The van der Waals surface area contributed by atoms with E-state index in [1.807, 2.05) is 0 Å². The third kappa shape index (κ3) is 1.99. The summed E-state index contributed by atoms with van der Waals surface area (Å²) in [7, 11) is 0. The molecule has 0 saturated heterocycles. The van der Waals surface area contributed by atoms with Crippen LogP contribution in [0.15, 0.2) is 24.3 Å². The van der Waals surface area contributed by atoms with Gasteiger partial charge in [-0.1, -0.05) is 6.07 Å². The molecule has 1 radical (unpaired) electrons. The van der Waals surface area contributed by atoms with Crippen molar-refractivity contribution in [2.75, 3.05) is 6.61 Å². The van der Waals surface area contributed by atoms with Crippen molar-refractivity contribution in [1.29, 1.82) is 0 Å². The lowest BCUT2D eigenvalue weighted by Crippen LogP contribution is -2.03. The second-order valence-corrected chi connectivity index (χ2v) is 2.25. The molecule has 0 aromatic heterocycles. The lowest BCUT2D eigenvalue weighted by atomic mass is 10.2. The minimum Gasteiger partial charge on any atom is -0.462 e. The predicted octanol–water partition coefficient (Wildman–Crippen LogP) is 2.01. The van der Waals surface area contributed by atoms with Crippen LogP contribution in [0, 0.1) is 0 Å². The molecule has 0 aliphatic rings. The summed E-state index contributed by atoms with van der Waals surface area (Å²) in [6.07, 6.45) is 0. The number of benzene rings is 1. The Morgan fingerprint density at radius 3 is 2.83 bits per heavy atom. The van der Waals surface area contributed by atoms with Crippen molar-refractivity contribution in [3.63, 3.8) is 0 Å². The zero-order valence-corrected chi connectivity index (χ0v) is 6.74. The van der Waals surface area contributed by atoms with Gasteiger partial charge in [0.05, 0.1) is 12.2 Å². The van der Waals surface area contributed by atoms with E-state index in [9.17, 15) is 9.90 Å². The smallest absolute Gasteiger partial charge is 0.338 e. The third-order valence-electron chi connectivity index (χ3n) is 1.35. The standard InChI is InChI=1S/C9H9O3/c1-2-12-9(11)7-4-3-5-8(10)6-7/h3-6H,2H2,1H3. The number of carbonyl (C=O) groups is 1. The fourth-order valence-electron chi connectivity index (χ4n) is 0.838. The molecule has 0 spiro atoms. The highest BCUT2D eigenvalue weighted by Gasteiger charge is 2.05. The molecule has 0 heterocycles. The lowest BCUT2D eigenvalue weighted by molar-refractivity contribution is 0.0525. The van der Waals surface area contributed by atoms with Crippen LogP contribution in [-0.2, 0) is 9.84 Å². The molecule has 0 aliphatic heterocycles. The maximum atomic E-state index is 11.0. The van der Waals surface area contributed by atoms with Crippen molar-refractivity contribution in [2.24, 2.45) is 0 Å². The first-order valence-electron chi connectivity index (χ1n) is 3.68. The molecule has 0 aliphatic carbocycles. The monoisotopic (exact) mass is 165 g/mol. The van der Waals surface area contributed by atoms with Gasteiger partial charge in [0.1, 0.15) is 0 Å². The van der Waals surface area contributed by atoms with E-state index in [2.05, 4.69) is 0 Å². The molecule has 1 rings (SSSR count). The molecule has 0 amide bonds. The molecule has 3 heteroatoms. The summed E-state index contributed by atoms with van der Waals surface area (Å²) in [6, 6.07) is 5.74. The van der Waals surface area contributed by atoms with Crippen molar-refractivity contribution >= 4 is 5.97 Å². The summed E-state index contributed by atoms with van der Waals surface area (Å²) < 4.78 is 4.71. The molecule has 0 N–H and O–H groups in total. The second kappa shape index (κ2) is 3.76. The molecular formula is C9H9O3. The molecule has 1 aromatic carbocycles. The Labute approximate surface area is 70.6 Å². The molecule has 0 fully saturated rings. The molecule has 63 valence electrons. The molecule has 0 bridgehead atoms. The van der Waals surface area contributed by atoms with Crippen LogP contribution >= 0.6 is 0 Å². The quantitative estimate of drug-likeness (QED) is 0.629. The summed E-state index contributed by atoms with van der Waals surface area (Å²) in [5, 5.41) is 10.8. The highest BCUT2D eigenvalue weighted by molar-refractivity contribution is 5.89. The van der Waals surface area contributed by atoms with E-state index < -0.39 is 5.97 Å². The van der Waals surface area contributed by atoms with E-state index in [0.717, 1.165) is 0 Å². The molecular weight excluding hydrogens is 156 g/mol. The normalized spacial score (nSPS) is 9.42. The van der Waals surface area contributed by atoms with E-state index in [1.165, 1.54) is 18.2 Å². The van der Waals surface area contributed by atoms with E-state index in [4.69, 9.17) is 4.74 Å². The number of carbonyl (C=O) groups excluding carboxylic acids is 1. The van der Waals surface area contributed by atoms with E-state index in [1.54, 1.807) is 13.0 Å². The number of hydrogen-bond donors (Lipinski definition) is 0. The maximum absolute atomic E-state index is 11.0. The van der Waals surface area contributed by atoms with Gasteiger partial charge in [-0.3, -0.25) is 5.11 Å². The largest absolute Gasteiger partial charge is 0.462 e. The molecule has 12 heavy (non-hydrogen) atoms. The van der Waals surface area contributed by atoms with Gasteiger partial charge in [0, 0.05) is 0 Å². The van der Waals surface area contributed by atoms with Crippen LogP contribution in [0.2, 0.25) is 0 Å². The fourth-order valence-corrected chi connectivity index (χ4v) is 0.838. The van der Waals surface area contributed by atoms with Crippen molar-refractivity contribution in [3.8, 4) is 5.75 Å². The van der Waals surface area contributed by atoms with Crippen molar-refractivity contribution in [3.05, 3.63) is 29.8 Å². The number of hydrogen-bond acceptors (Lipinski definition) is 2. The van der Waals surface area contributed by atoms with Crippen LogP contribution in [0.3, 0.4) is 0 Å². The predicted molar refractivity (Wildman–Crippen MR) is 42.5 cm³/mol. The average Bonchev–Trinajstić information content (AvgIpc) is 2.05. The van der Waals surface area contributed by atoms with Crippen molar-refractivity contribution in [2.45, 2.75) is 6.92 Å². The van der Waals surface area contributed by atoms with Gasteiger partial charge in [0.25, 0.3) is 0 Å². The van der Waals surface area contributed by atoms with Gasteiger partial charge in [0.15, 0.2) is 5.75 Å². The Hall–Kier alpha value is -1.51. The summed E-state index contributed by atoms with van der Waals surface area (Å²) >= 11 is 0. The average molecular weight is 165 g/mol. The first-order valence-corrected chi connectivity index (χ1v) is 3.68. The van der Waals surface area contributed by atoms with E-state index in [-0.39, 0.29) is 5.75 Å². The first-order chi connectivity index (χ1) is 5.74. The van der Waals surface area contributed by atoms with Crippen LogP contribution in [0.25, 0.3) is 0 Å². The zero-order valence-electron chi connectivity index (χ0n) is 6.74. The topological polar surface area (TPSA) is 46.2 Å².